The number of benzene rings is 2. The predicted octanol–water partition coefficient (Wildman–Crippen LogP) is 4.32. The molecule has 2 fully saturated rings. The van der Waals surface area contributed by atoms with Gasteiger partial charge in [-0.1, -0.05) is 0 Å². The van der Waals surface area contributed by atoms with Crippen molar-refractivity contribution in [2.24, 2.45) is 0 Å². The lowest BCUT2D eigenvalue weighted by molar-refractivity contribution is 0.102. The number of carbonyl (C=O) groups is 1. The number of hydrogen-bond acceptors (Lipinski definition) is 4. The first-order chi connectivity index (χ1) is 14.0. The lowest BCUT2D eigenvalue weighted by Gasteiger charge is -2.29. The van der Waals surface area contributed by atoms with Crippen molar-refractivity contribution in [2.75, 3.05) is 37.0 Å². The minimum Gasteiger partial charge on any atom is -0.497 e. The maximum absolute atomic E-state index is 12.5. The molecule has 0 radical (unpaired) electrons. The molecule has 29 heavy (non-hydrogen) atoms. The van der Waals surface area contributed by atoms with Crippen LogP contribution in [-0.2, 0) is 0 Å². The number of aryl methyl sites for hydroxylation is 1. The molecule has 2 aromatic rings. The van der Waals surface area contributed by atoms with Crippen LogP contribution in [0.15, 0.2) is 42.5 Å². The fraction of sp³-hybridized carbons (Fsp3) is 0.458. The van der Waals surface area contributed by atoms with Crippen molar-refractivity contribution in [1.29, 1.82) is 0 Å². The van der Waals surface area contributed by atoms with Crippen LogP contribution in [0.25, 0.3) is 0 Å². The minimum absolute atomic E-state index is 0.107. The second-order valence-electron chi connectivity index (χ2n) is 8.30. The van der Waals surface area contributed by atoms with Crippen molar-refractivity contribution >= 4 is 17.3 Å². The molecule has 2 unspecified atom stereocenters. The van der Waals surface area contributed by atoms with Crippen LogP contribution in [0.5, 0.6) is 5.75 Å². The number of methoxy groups -OCH3 is 1. The standard InChI is InChI=1S/C24H31N3O2/c1-17-15-20(25-24(28)19-6-9-22(29-3)10-7-19)8-11-23(17)26-14-12-21(16-26)27-13-4-5-18(27)2/h6-11,15,18,21H,4-5,12-14,16H2,1-3H3,(H,25,28). The fourth-order valence-electron chi connectivity index (χ4n) is 4.76. The van der Waals surface area contributed by atoms with E-state index in [0.717, 1.165) is 30.6 Å². The van der Waals surface area contributed by atoms with Gasteiger partial charge in [-0.05, 0) is 87.7 Å². The zero-order chi connectivity index (χ0) is 20.4. The highest BCUT2D eigenvalue weighted by Crippen LogP contribution is 2.31. The van der Waals surface area contributed by atoms with E-state index in [1.807, 2.05) is 6.07 Å². The van der Waals surface area contributed by atoms with Gasteiger partial charge >= 0.3 is 0 Å². The van der Waals surface area contributed by atoms with E-state index in [1.165, 1.54) is 37.1 Å². The van der Waals surface area contributed by atoms with E-state index in [4.69, 9.17) is 4.74 Å². The number of hydrogen-bond donors (Lipinski definition) is 1. The van der Waals surface area contributed by atoms with Crippen LogP contribution in [0, 0.1) is 6.92 Å². The molecule has 5 heteroatoms. The number of nitrogens with zero attached hydrogens (tertiary/aromatic N) is 2. The molecule has 0 bridgehead atoms. The third-order valence-corrected chi connectivity index (χ3v) is 6.38. The molecule has 2 aliphatic rings. The Morgan fingerprint density at radius 1 is 1.10 bits per heavy atom. The molecule has 1 amide bonds. The quantitative estimate of drug-likeness (QED) is 0.822. The highest BCUT2D eigenvalue weighted by molar-refractivity contribution is 6.04. The lowest BCUT2D eigenvalue weighted by Crippen LogP contribution is -2.39. The summed E-state index contributed by atoms with van der Waals surface area (Å²) in [5.74, 6) is 0.637. The number of carbonyl (C=O) groups excluding carboxylic acids is 1. The second kappa shape index (κ2) is 8.46. The maximum atomic E-state index is 12.5. The minimum atomic E-state index is -0.107. The van der Waals surface area contributed by atoms with E-state index in [-0.39, 0.29) is 5.91 Å². The molecule has 2 aliphatic heterocycles. The molecular weight excluding hydrogens is 362 g/mol. The summed E-state index contributed by atoms with van der Waals surface area (Å²) in [5.41, 5.74) is 3.93. The Labute approximate surface area is 173 Å². The fourth-order valence-corrected chi connectivity index (χ4v) is 4.76. The predicted molar refractivity (Wildman–Crippen MR) is 118 cm³/mol. The van der Waals surface area contributed by atoms with E-state index in [0.29, 0.717) is 11.6 Å². The van der Waals surface area contributed by atoms with Crippen molar-refractivity contribution in [3.8, 4) is 5.75 Å². The molecule has 1 N–H and O–H groups in total. The zero-order valence-electron chi connectivity index (χ0n) is 17.6. The Bertz CT molecular complexity index is 865. The number of rotatable bonds is 5. The normalized spacial score (nSPS) is 22.1. The molecule has 0 aromatic heterocycles. The highest BCUT2D eigenvalue weighted by atomic mass is 16.5. The molecule has 2 aromatic carbocycles. The number of likely N-dealkylation sites (tertiary alicyclic amines) is 1. The van der Waals surface area contributed by atoms with Gasteiger partial charge in [-0.3, -0.25) is 9.69 Å². The van der Waals surface area contributed by atoms with Gasteiger partial charge in [-0.15, -0.1) is 0 Å². The van der Waals surface area contributed by atoms with Crippen LogP contribution in [0.3, 0.4) is 0 Å². The van der Waals surface area contributed by atoms with Crippen LogP contribution in [-0.4, -0.2) is 49.6 Å². The third-order valence-electron chi connectivity index (χ3n) is 6.38. The van der Waals surface area contributed by atoms with Gasteiger partial charge in [-0.2, -0.15) is 0 Å². The molecule has 2 saturated heterocycles. The van der Waals surface area contributed by atoms with E-state index in [2.05, 4.69) is 41.1 Å². The molecule has 0 spiro atoms. The monoisotopic (exact) mass is 393 g/mol. The van der Waals surface area contributed by atoms with Crippen molar-refractivity contribution < 1.29 is 9.53 Å². The molecular formula is C24H31N3O2. The highest BCUT2D eigenvalue weighted by Gasteiger charge is 2.33. The maximum Gasteiger partial charge on any atom is 0.255 e. The second-order valence-corrected chi connectivity index (χ2v) is 8.30. The average Bonchev–Trinajstić information content (AvgIpc) is 3.37. The lowest BCUT2D eigenvalue weighted by atomic mass is 10.1. The first-order valence-corrected chi connectivity index (χ1v) is 10.6. The van der Waals surface area contributed by atoms with Gasteiger partial charge in [0.05, 0.1) is 7.11 Å². The van der Waals surface area contributed by atoms with Crippen molar-refractivity contribution in [2.45, 2.75) is 45.2 Å². The van der Waals surface area contributed by atoms with Crippen molar-refractivity contribution in [1.82, 2.24) is 4.90 Å². The molecule has 4 rings (SSSR count). The first kappa shape index (κ1) is 19.8. The van der Waals surface area contributed by atoms with Gasteiger partial charge in [0, 0.05) is 42.1 Å². The SMILES string of the molecule is COc1ccc(C(=O)Nc2ccc(N3CCC(N4CCCC4C)C3)c(C)c2)cc1. The Kier molecular flexibility index (Phi) is 5.76. The Balaban J connectivity index is 1.40. The van der Waals surface area contributed by atoms with Crippen LogP contribution < -0.4 is 15.0 Å². The van der Waals surface area contributed by atoms with E-state index < -0.39 is 0 Å². The van der Waals surface area contributed by atoms with Crippen LogP contribution in [0.4, 0.5) is 11.4 Å². The van der Waals surface area contributed by atoms with Crippen LogP contribution in [0.2, 0.25) is 0 Å². The summed E-state index contributed by atoms with van der Waals surface area (Å²) in [6, 6.07) is 14.8. The summed E-state index contributed by atoms with van der Waals surface area (Å²) < 4.78 is 5.15. The Hall–Kier alpha value is -2.53. The smallest absolute Gasteiger partial charge is 0.255 e. The summed E-state index contributed by atoms with van der Waals surface area (Å²) >= 11 is 0. The molecule has 0 saturated carbocycles. The van der Waals surface area contributed by atoms with Gasteiger partial charge in [-0.25, -0.2) is 0 Å². The summed E-state index contributed by atoms with van der Waals surface area (Å²) in [7, 11) is 1.62. The number of amides is 1. The molecule has 154 valence electrons. The summed E-state index contributed by atoms with van der Waals surface area (Å²) in [6.07, 6.45) is 3.90. The van der Waals surface area contributed by atoms with Crippen molar-refractivity contribution in [3.63, 3.8) is 0 Å². The largest absolute Gasteiger partial charge is 0.497 e. The summed E-state index contributed by atoms with van der Waals surface area (Å²) in [4.78, 5) is 17.7. The van der Waals surface area contributed by atoms with Gasteiger partial charge in [0.15, 0.2) is 0 Å². The van der Waals surface area contributed by atoms with Crippen LogP contribution in [0.1, 0.15) is 42.1 Å². The third kappa shape index (κ3) is 4.25. The Morgan fingerprint density at radius 3 is 2.55 bits per heavy atom. The Morgan fingerprint density at radius 2 is 1.90 bits per heavy atom. The van der Waals surface area contributed by atoms with Crippen molar-refractivity contribution in [3.05, 3.63) is 53.6 Å². The topological polar surface area (TPSA) is 44.8 Å². The molecule has 2 heterocycles. The number of ether oxygens (including phenoxy) is 1. The average molecular weight is 394 g/mol. The molecule has 5 nitrogen and oxygen atoms in total. The zero-order valence-corrected chi connectivity index (χ0v) is 17.6. The number of anilines is 2. The van der Waals surface area contributed by atoms with Gasteiger partial charge in [0.25, 0.3) is 5.91 Å². The van der Waals surface area contributed by atoms with Gasteiger partial charge < -0.3 is 15.0 Å². The summed E-state index contributed by atoms with van der Waals surface area (Å²) in [5, 5.41) is 3.01. The first-order valence-electron chi connectivity index (χ1n) is 10.6. The summed E-state index contributed by atoms with van der Waals surface area (Å²) in [6.45, 7) is 7.94. The van der Waals surface area contributed by atoms with E-state index >= 15 is 0 Å². The van der Waals surface area contributed by atoms with E-state index in [1.54, 1.807) is 31.4 Å². The van der Waals surface area contributed by atoms with Gasteiger partial charge in [0.1, 0.15) is 5.75 Å². The van der Waals surface area contributed by atoms with E-state index in [9.17, 15) is 4.79 Å². The molecule has 2 atom stereocenters. The van der Waals surface area contributed by atoms with Gasteiger partial charge in [0.2, 0.25) is 0 Å². The number of nitrogens with one attached hydrogen (secondary N) is 1. The molecule has 0 aliphatic carbocycles. The van der Waals surface area contributed by atoms with Crippen LogP contribution >= 0.6 is 0 Å².